The van der Waals surface area contributed by atoms with Gasteiger partial charge in [-0.15, -0.1) is 0 Å². The second-order valence-electron chi connectivity index (χ2n) is 4.04. The number of hydrogen-bond acceptors (Lipinski definition) is 5. The summed E-state index contributed by atoms with van der Waals surface area (Å²) < 4.78 is 31.7. The molecule has 1 aromatic carbocycles. The molecule has 0 aliphatic heterocycles. The van der Waals surface area contributed by atoms with E-state index in [1.165, 1.54) is 6.92 Å². The highest BCUT2D eigenvalue weighted by Gasteiger charge is 2.16. The van der Waals surface area contributed by atoms with E-state index < -0.39 is 16.1 Å². The second-order valence-corrected chi connectivity index (χ2v) is 6.12. The van der Waals surface area contributed by atoms with Crippen LogP contribution >= 0.6 is 11.6 Å². The monoisotopic (exact) mass is 306 g/mol. The summed E-state index contributed by atoms with van der Waals surface area (Å²) in [5, 5.41) is 0.569. The van der Waals surface area contributed by atoms with E-state index in [0.717, 1.165) is 11.8 Å². The van der Waals surface area contributed by atoms with E-state index in [2.05, 4.69) is 0 Å². The van der Waals surface area contributed by atoms with Crippen molar-refractivity contribution in [2.24, 2.45) is 0 Å². The van der Waals surface area contributed by atoms with Gasteiger partial charge in [-0.2, -0.15) is 8.42 Å². The lowest BCUT2D eigenvalue weighted by Crippen LogP contribution is -2.18. The molecule has 5 nitrogen and oxygen atoms in total. The number of rotatable bonds is 6. The first-order valence-electron chi connectivity index (χ1n) is 5.51. The van der Waals surface area contributed by atoms with E-state index in [1.54, 1.807) is 24.3 Å². The Hall–Kier alpha value is -1.11. The van der Waals surface area contributed by atoms with Crippen LogP contribution in [0.5, 0.6) is 0 Å². The zero-order valence-electron chi connectivity index (χ0n) is 10.6. The number of carbonyl (C=O) groups is 1. The summed E-state index contributed by atoms with van der Waals surface area (Å²) in [6.07, 6.45) is 0.970. The number of ether oxygens (including phenoxy) is 1. The zero-order valence-corrected chi connectivity index (χ0v) is 12.2. The van der Waals surface area contributed by atoms with E-state index in [4.69, 9.17) is 20.5 Å². The zero-order chi connectivity index (χ0) is 14.5. The van der Waals surface area contributed by atoms with Crippen LogP contribution in [0.1, 0.15) is 18.4 Å². The van der Waals surface area contributed by atoms with Crippen LogP contribution in [0.2, 0.25) is 5.02 Å². The maximum Gasteiger partial charge on any atom is 0.302 e. The van der Waals surface area contributed by atoms with Gasteiger partial charge < -0.3 is 4.74 Å². The first-order chi connectivity index (χ1) is 8.78. The lowest BCUT2D eigenvalue weighted by molar-refractivity contribution is -0.141. The maximum absolute atomic E-state index is 11.0. The Labute approximate surface area is 117 Å². The quantitative estimate of drug-likeness (QED) is 0.593. The number of hydrogen-bond donors (Lipinski definition) is 0. The maximum atomic E-state index is 11.0. The van der Waals surface area contributed by atoms with E-state index in [1.807, 2.05) is 0 Å². The molecule has 0 saturated carbocycles. The molecule has 1 rings (SSSR count). The summed E-state index contributed by atoms with van der Waals surface area (Å²) in [6, 6.07) is 6.83. The van der Waals surface area contributed by atoms with Gasteiger partial charge in [-0.3, -0.25) is 8.98 Å². The standard InChI is InChI=1S/C12H15ClO5S/c1-9(14)17-7-11(8-18-19(2,15)16)10-3-5-12(13)6-4-10/h3-6,11H,7-8H2,1-2H3. The second kappa shape index (κ2) is 6.88. The molecule has 0 aromatic heterocycles. The van der Waals surface area contributed by atoms with Gasteiger partial charge in [-0.05, 0) is 17.7 Å². The molecule has 0 aliphatic rings. The average Bonchev–Trinajstić information content (AvgIpc) is 2.29. The van der Waals surface area contributed by atoms with Gasteiger partial charge >= 0.3 is 5.97 Å². The summed E-state index contributed by atoms with van der Waals surface area (Å²) >= 11 is 5.78. The minimum absolute atomic E-state index is 0.0481. The molecule has 1 atom stereocenters. The highest BCUT2D eigenvalue weighted by molar-refractivity contribution is 7.85. The molecule has 106 valence electrons. The van der Waals surface area contributed by atoms with Gasteiger partial charge in [-0.25, -0.2) is 0 Å². The largest absolute Gasteiger partial charge is 0.465 e. The van der Waals surface area contributed by atoms with Crippen molar-refractivity contribution in [3.05, 3.63) is 34.9 Å². The van der Waals surface area contributed by atoms with Crippen LogP contribution in [0.25, 0.3) is 0 Å². The van der Waals surface area contributed by atoms with Crippen molar-refractivity contribution in [1.82, 2.24) is 0 Å². The Morgan fingerprint density at radius 1 is 1.26 bits per heavy atom. The van der Waals surface area contributed by atoms with Crippen LogP contribution in [0.15, 0.2) is 24.3 Å². The van der Waals surface area contributed by atoms with Gasteiger partial charge in [0.1, 0.15) is 6.61 Å². The van der Waals surface area contributed by atoms with Crippen molar-refractivity contribution in [1.29, 1.82) is 0 Å². The van der Waals surface area contributed by atoms with Crippen LogP contribution < -0.4 is 0 Å². The average molecular weight is 307 g/mol. The van der Waals surface area contributed by atoms with Crippen molar-refractivity contribution < 1.29 is 22.1 Å². The minimum atomic E-state index is -3.54. The third kappa shape index (κ3) is 6.56. The van der Waals surface area contributed by atoms with Gasteiger partial charge in [-0.1, -0.05) is 23.7 Å². The van der Waals surface area contributed by atoms with Gasteiger partial charge in [0.05, 0.1) is 12.9 Å². The van der Waals surface area contributed by atoms with Crippen molar-refractivity contribution in [2.75, 3.05) is 19.5 Å². The lowest BCUT2D eigenvalue weighted by Gasteiger charge is -2.16. The normalized spacial score (nSPS) is 13.0. The minimum Gasteiger partial charge on any atom is -0.465 e. The van der Waals surface area contributed by atoms with E-state index >= 15 is 0 Å². The Morgan fingerprint density at radius 3 is 2.32 bits per heavy atom. The van der Waals surface area contributed by atoms with Gasteiger partial charge in [0.15, 0.2) is 0 Å². The van der Waals surface area contributed by atoms with Gasteiger partial charge in [0.2, 0.25) is 0 Å². The third-order valence-electron chi connectivity index (χ3n) is 2.31. The molecule has 0 amide bonds. The highest BCUT2D eigenvalue weighted by atomic mass is 35.5. The Bertz CT molecular complexity index is 524. The summed E-state index contributed by atoms with van der Waals surface area (Å²) in [6.45, 7) is 1.25. The first kappa shape index (κ1) is 15.9. The summed E-state index contributed by atoms with van der Waals surface area (Å²) in [5.74, 6) is -0.797. The molecule has 0 saturated heterocycles. The van der Waals surface area contributed by atoms with E-state index in [9.17, 15) is 13.2 Å². The highest BCUT2D eigenvalue weighted by Crippen LogP contribution is 2.20. The fourth-order valence-electron chi connectivity index (χ4n) is 1.40. The van der Waals surface area contributed by atoms with Crippen molar-refractivity contribution in [3.8, 4) is 0 Å². The smallest absolute Gasteiger partial charge is 0.302 e. The fourth-order valence-corrected chi connectivity index (χ4v) is 1.94. The molecule has 0 heterocycles. The summed E-state index contributed by atoms with van der Waals surface area (Å²) in [5.41, 5.74) is 0.786. The molecule has 0 radical (unpaired) electrons. The molecule has 7 heteroatoms. The summed E-state index contributed by atoms with van der Waals surface area (Å²) in [7, 11) is -3.54. The Balaban J connectivity index is 2.78. The Kier molecular flexibility index (Phi) is 5.78. The molecule has 1 aromatic rings. The van der Waals surface area contributed by atoms with Gasteiger partial charge in [0.25, 0.3) is 10.1 Å². The molecule has 19 heavy (non-hydrogen) atoms. The molecule has 0 spiro atoms. The lowest BCUT2D eigenvalue weighted by atomic mass is 10.0. The molecule has 0 bridgehead atoms. The number of halogens is 1. The van der Waals surface area contributed by atoms with Gasteiger partial charge in [0, 0.05) is 17.9 Å². The van der Waals surface area contributed by atoms with Crippen LogP contribution in [-0.2, 0) is 23.8 Å². The summed E-state index contributed by atoms with van der Waals surface area (Å²) in [4.78, 5) is 10.8. The number of benzene rings is 1. The van der Waals surface area contributed by atoms with Crippen molar-refractivity contribution >= 4 is 27.7 Å². The molecular formula is C12H15ClO5S. The number of carbonyl (C=O) groups excluding carboxylic acids is 1. The predicted molar refractivity (Wildman–Crippen MR) is 71.6 cm³/mol. The SMILES string of the molecule is CC(=O)OCC(COS(C)(=O)=O)c1ccc(Cl)cc1. The topological polar surface area (TPSA) is 69.7 Å². The third-order valence-corrected chi connectivity index (χ3v) is 3.13. The van der Waals surface area contributed by atoms with Crippen molar-refractivity contribution in [3.63, 3.8) is 0 Å². The molecule has 0 fully saturated rings. The first-order valence-corrected chi connectivity index (χ1v) is 7.70. The van der Waals surface area contributed by atoms with Crippen LogP contribution in [0.4, 0.5) is 0 Å². The van der Waals surface area contributed by atoms with Crippen molar-refractivity contribution in [2.45, 2.75) is 12.8 Å². The van der Waals surface area contributed by atoms with E-state index in [-0.39, 0.29) is 19.1 Å². The molecule has 0 N–H and O–H groups in total. The van der Waals surface area contributed by atoms with Crippen LogP contribution in [-0.4, -0.2) is 33.9 Å². The molecular weight excluding hydrogens is 292 g/mol. The predicted octanol–water partition coefficient (Wildman–Crippen LogP) is 1.96. The van der Waals surface area contributed by atoms with Crippen LogP contribution in [0.3, 0.4) is 0 Å². The Morgan fingerprint density at radius 2 is 1.84 bits per heavy atom. The molecule has 0 aliphatic carbocycles. The fraction of sp³-hybridized carbons (Fsp3) is 0.417. The van der Waals surface area contributed by atoms with Crippen LogP contribution in [0, 0.1) is 0 Å². The van der Waals surface area contributed by atoms with E-state index in [0.29, 0.717) is 5.02 Å². The molecule has 1 unspecified atom stereocenters. The number of esters is 1.